The average Bonchev–Trinajstić information content (AvgIpc) is 2.13. The smallest absolute Gasteiger partial charge is 0.0747 e. The van der Waals surface area contributed by atoms with Crippen LogP contribution >= 0.6 is 12.2 Å². The maximum Gasteiger partial charge on any atom is 0.0747 e. The zero-order chi connectivity index (χ0) is 12.3. The van der Waals surface area contributed by atoms with Gasteiger partial charge in [-0.25, -0.2) is 0 Å². The molecule has 0 aromatic carbocycles. The summed E-state index contributed by atoms with van der Waals surface area (Å²) in [6.45, 7) is 6.52. The Bertz CT molecular complexity index is 252. The minimum absolute atomic E-state index is 0.00822. The Morgan fingerprint density at radius 1 is 1.44 bits per heavy atom. The number of hydrogen-bond acceptors (Lipinski definition) is 1. The van der Waals surface area contributed by atoms with Crippen molar-refractivity contribution >= 4 is 25.1 Å². The second-order valence-corrected chi connectivity index (χ2v) is 6.37. The fourth-order valence-corrected chi connectivity index (χ4v) is 3.08. The lowest BCUT2D eigenvalue weighted by atomic mass is 9.61. The summed E-state index contributed by atoms with van der Waals surface area (Å²) >= 11 is 5.28. The lowest BCUT2D eigenvalue weighted by Gasteiger charge is -2.40. The first kappa shape index (κ1) is 14.0. The van der Waals surface area contributed by atoms with Crippen LogP contribution in [0.4, 0.5) is 0 Å². The molecular weight excluding hydrogens is 213 g/mol. The molecule has 0 spiro atoms. The van der Waals surface area contributed by atoms with Gasteiger partial charge in [0.1, 0.15) is 0 Å². The van der Waals surface area contributed by atoms with Crippen molar-refractivity contribution in [1.82, 2.24) is 4.90 Å². The predicted octanol–water partition coefficient (Wildman–Crippen LogP) is 3.58. The van der Waals surface area contributed by atoms with E-state index in [-0.39, 0.29) is 5.31 Å². The number of nitrogens with zero attached hydrogens (tertiary/aromatic N) is 1. The fourth-order valence-electron chi connectivity index (χ4n) is 2.95. The molecular formula is C13H24BNS. The Labute approximate surface area is 107 Å². The summed E-state index contributed by atoms with van der Waals surface area (Å²) in [7, 11) is 8.45. The van der Waals surface area contributed by atoms with Crippen molar-refractivity contribution in [1.29, 1.82) is 0 Å². The van der Waals surface area contributed by atoms with Crippen molar-refractivity contribution in [3.05, 3.63) is 0 Å². The third-order valence-electron chi connectivity index (χ3n) is 3.94. The van der Waals surface area contributed by atoms with E-state index in [1.165, 1.54) is 19.3 Å². The Hall–Kier alpha value is -0.0451. The zero-order valence-electron chi connectivity index (χ0n) is 11.1. The molecule has 0 aromatic rings. The van der Waals surface area contributed by atoms with Crippen molar-refractivity contribution in [3.8, 4) is 0 Å². The first-order valence-electron chi connectivity index (χ1n) is 6.36. The normalized spacial score (nSPS) is 36.2. The number of thiocarbonyl (C=S) groups is 1. The van der Waals surface area contributed by atoms with E-state index in [2.05, 4.69) is 25.8 Å². The van der Waals surface area contributed by atoms with Gasteiger partial charge in [-0.1, -0.05) is 57.1 Å². The summed E-state index contributed by atoms with van der Waals surface area (Å²) < 4.78 is 0. The second kappa shape index (κ2) is 5.53. The molecule has 0 heterocycles. The van der Waals surface area contributed by atoms with Gasteiger partial charge in [-0.05, 0) is 19.3 Å². The molecule has 16 heavy (non-hydrogen) atoms. The van der Waals surface area contributed by atoms with Gasteiger partial charge in [0, 0.05) is 13.1 Å². The average molecular weight is 237 g/mol. The topological polar surface area (TPSA) is 3.24 Å². The van der Waals surface area contributed by atoms with Gasteiger partial charge in [-0.15, -0.1) is 0 Å². The summed E-state index contributed by atoms with van der Waals surface area (Å²) in [5.74, 6) is 0.623. The quantitative estimate of drug-likeness (QED) is 0.506. The van der Waals surface area contributed by atoms with Crippen molar-refractivity contribution in [2.45, 2.75) is 64.2 Å². The van der Waals surface area contributed by atoms with Crippen LogP contribution in [0.15, 0.2) is 0 Å². The number of hydrogen-bond donors (Lipinski definition) is 0. The van der Waals surface area contributed by atoms with Crippen molar-refractivity contribution in [3.63, 3.8) is 0 Å². The molecule has 1 aliphatic carbocycles. The molecule has 2 unspecified atom stereocenters. The molecule has 1 fully saturated rings. The van der Waals surface area contributed by atoms with Crippen molar-refractivity contribution in [2.75, 3.05) is 7.05 Å². The largest absolute Gasteiger partial charge is 0.366 e. The molecule has 3 heteroatoms. The van der Waals surface area contributed by atoms with Gasteiger partial charge in [-0.3, -0.25) is 0 Å². The van der Waals surface area contributed by atoms with Gasteiger partial charge in [0.2, 0.25) is 0 Å². The van der Waals surface area contributed by atoms with E-state index < -0.39 is 0 Å². The third-order valence-corrected chi connectivity index (χ3v) is 4.23. The molecule has 0 aromatic heterocycles. The summed E-state index contributed by atoms with van der Waals surface area (Å²) in [5.41, 5.74) is 0. The molecule has 2 radical (unpaired) electrons. The lowest BCUT2D eigenvalue weighted by Crippen LogP contribution is -2.41. The Kier molecular flexibility index (Phi) is 4.84. The predicted molar refractivity (Wildman–Crippen MR) is 76.2 cm³/mol. The standard InChI is InChI=1S/C13H24BNS/c1-10-9-13(3,14)8-6-5-7-12(10)15(4)11(2)16/h10,12H,5-9H2,1-4H3/t10-,12?,13?/m0/s1. The van der Waals surface area contributed by atoms with Crippen molar-refractivity contribution < 1.29 is 0 Å². The molecule has 0 saturated heterocycles. The first-order valence-corrected chi connectivity index (χ1v) is 6.76. The summed E-state index contributed by atoms with van der Waals surface area (Å²) in [4.78, 5) is 3.26. The van der Waals surface area contributed by atoms with Crippen LogP contribution in [0, 0.1) is 5.92 Å². The summed E-state index contributed by atoms with van der Waals surface area (Å²) in [6, 6.07) is 0.570. The van der Waals surface area contributed by atoms with Crippen molar-refractivity contribution in [2.24, 2.45) is 5.92 Å². The molecule has 0 N–H and O–H groups in total. The van der Waals surface area contributed by atoms with Gasteiger partial charge in [0.05, 0.1) is 12.8 Å². The molecule has 0 amide bonds. The molecule has 1 saturated carbocycles. The van der Waals surface area contributed by atoms with E-state index >= 15 is 0 Å². The van der Waals surface area contributed by atoms with Gasteiger partial charge >= 0.3 is 0 Å². The van der Waals surface area contributed by atoms with E-state index in [0.717, 1.165) is 17.8 Å². The highest BCUT2D eigenvalue weighted by molar-refractivity contribution is 7.80. The van der Waals surface area contributed by atoms with Crippen LogP contribution in [0.1, 0.15) is 52.9 Å². The summed E-state index contributed by atoms with van der Waals surface area (Å²) in [5, 5.41) is 0.00822. The number of rotatable bonds is 1. The second-order valence-electron chi connectivity index (χ2n) is 5.78. The van der Waals surface area contributed by atoms with Crippen LogP contribution in [0.2, 0.25) is 5.31 Å². The van der Waals surface area contributed by atoms with E-state index in [4.69, 9.17) is 20.1 Å². The molecule has 90 valence electrons. The highest BCUT2D eigenvalue weighted by Gasteiger charge is 2.29. The first-order chi connectivity index (χ1) is 7.33. The van der Waals surface area contributed by atoms with Crippen LogP contribution in [0.25, 0.3) is 0 Å². The maximum absolute atomic E-state index is 6.32. The van der Waals surface area contributed by atoms with Gasteiger partial charge in [0.25, 0.3) is 0 Å². The van der Waals surface area contributed by atoms with Crippen LogP contribution in [0.5, 0.6) is 0 Å². The highest BCUT2D eigenvalue weighted by atomic mass is 32.1. The van der Waals surface area contributed by atoms with Crippen LogP contribution in [0.3, 0.4) is 0 Å². The molecule has 1 aliphatic rings. The van der Waals surface area contributed by atoms with E-state index in [1.54, 1.807) is 0 Å². The Morgan fingerprint density at radius 3 is 2.62 bits per heavy atom. The third kappa shape index (κ3) is 3.76. The lowest BCUT2D eigenvalue weighted by molar-refractivity contribution is 0.207. The van der Waals surface area contributed by atoms with Crippen LogP contribution in [-0.2, 0) is 0 Å². The Morgan fingerprint density at radius 2 is 2.06 bits per heavy atom. The van der Waals surface area contributed by atoms with Gasteiger partial charge in [-0.2, -0.15) is 0 Å². The minimum atomic E-state index is 0.00822. The molecule has 0 bridgehead atoms. The van der Waals surface area contributed by atoms with Crippen LogP contribution < -0.4 is 0 Å². The SMILES string of the molecule is [B]C1(C)CCCCC(N(C)C(C)=S)[C@@H](C)C1. The monoisotopic (exact) mass is 237 g/mol. The molecule has 0 aliphatic heterocycles. The van der Waals surface area contributed by atoms with Gasteiger partial charge < -0.3 is 4.90 Å². The van der Waals surface area contributed by atoms with Crippen LogP contribution in [-0.4, -0.2) is 30.8 Å². The minimum Gasteiger partial charge on any atom is -0.366 e. The summed E-state index contributed by atoms with van der Waals surface area (Å²) in [6.07, 6.45) is 6.03. The van der Waals surface area contributed by atoms with E-state index in [0.29, 0.717) is 12.0 Å². The molecule has 1 rings (SSSR count). The van der Waals surface area contributed by atoms with E-state index in [9.17, 15) is 0 Å². The fraction of sp³-hybridized carbons (Fsp3) is 0.923. The molecule has 1 nitrogen and oxygen atoms in total. The maximum atomic E-state index is 6.32. The van der Waals surface area contributed by atoms with E-state index in [1.807, 2.05) is 6.92 Å². The van der Waals surface area contributed by atoms with Gasteiger partial charge in [0.15, 0.2) is 0 Å². The molecule has 3 atom stereocenters. The highest BCUT2D eigenvalue weighted by Crippen LogP contribution is 2.40. The Balaban J connectivity index is 2.72. The zero-order valence-corrected chi connectivity index (χ0v) is 11.9.